The number of aromatic hydroxyl groups is 2. The molecule has 0 spiro atoms. The molecule has 1 aromatic carbocycles. The summed E-state index contributed by atoms with van der Waals surface area (Å²) in [6.45, 7) is 0. The first kappa shape index (κ1) is 16.7. The average molecular weight is 308 g/mol. The fourth-order valence-electron chi connectivity index (χ4n) is 1.50. The van der Waals surface area contributed by atoms with Crippen LogP contribution in [0.25, 0.3) is 5.76 Å². The molecule has 22 heavy (non-hydrogen) atoms. The minimum Gasteiger partial charge on any atom is -0.506 e. The monoisotopic (exact) mass is 308 g/mol. The molecule has 0 aliphatic rings. The molecule has 0 atom stereocenters. The zero-order valence-electron chi connectivity index (χ0n) is 11.6. The maximum Gasteiger partial charge on any atom is 0.315 e. The standard InChI is InChI=1S/C12H12N4O6/c1-14-15(2)12(20)7(5-13)10(18)6-3-8(16(21)22)11(19)9(17)4-6/h3-4,14,17-19H,1-2H3/b10-7-. The molecule has 0 aliphatic carbocycles. The first-order chi connectivity index (χ1) is 10.2. The van der Waals surface area contributed by atoms with Crippen LogP contribution in [0, 0.1) is 21.4 Å². The fraction of sp³-hybridized carbons (Fsp3) is 0.167. The number of nitro groups is 1. The van der Waals surface area contributed by atoms with Crippen molar-refractivity contribution in [3.05, 3.63) is 33.4 Å². The molecule has 0 bridgehead atoms. The lowest BCUT2D eigenvalue weighted by Crippen LogP contribution is -2.37. The number of nitrogens with zero attached hydrogens (tertiary/aromatic N) is 3. The molecule has 0 saturated carbocycles. The Bertz CT molecular complexity index is 706. The smallest absolute Gasteiger partial charge is 0.315 e. The SMILES string of the molecule is CNN(C)C(=O)/C(C#N)=C(\O)c1cc(O)c(O)c([N+](=O)[O-])c1. The molecular weight excluding hydrogens is 296 g/mol. The van der Waals surface area contributed by atoms with Crippen LogP contribution in [0.1, 0.15) is 5.56 Å². The normalized spacial score (nSPS) is 11.3. The van der Waals surface area contributed by atoms with Gasteiger partial charge in [0.25, 0.3) is 5.91 Å². The Kier molecular flexibility index (Phi) is 4.88. The number of phenols is 2. The van der Waals surface area contributed by atoms with E-state index in [2.05, 4.69) is 5.43 Å². The third-order valence-electron chi connectivity index (χ3n) is 2.74. The Balaban J connectivity index is 3.52. The van der Waals surface area contributed by atoms with Crippen LogP contribution in [0.5, 0.6) is 11.5 Å². The predicted octanol–water partition coefficient (Wildman–Crippen LogP) is 0.391. The van der Waals surface area contributed by atoms with Gasteiger partial charge in [-0.2, -0.15) is 5.26 Å². The van der Waals surface area contributed by atoms with Gasteiger partial charge in [-0.15, -0.1) is 0 Å². The minimum absolute atomic E-state index is 0.364. The Morgan fingerprint density at radius 2 is 2.05 bits per heavy atom. The van der Waals surface area contributed by atoms with Gasteiger partial charge in [0.2, 0.25) is 5.75 Å². The molecule has 0 unspecified atom stereocenters. The lowest BCUT2D eigenvalue weighted by Gasteiger charge is -2.15. The van der Waals surface area contributed by atoms with E-state index in [0.29, 0.717) is 0 Å². The third kappa shape index (κ3) is 3.05. The second-order valence-corrected chi connectivity index (χ2v) is 4.04. The van der Waals surface area contributed by atoms with Gasteiger partial charge in [0, 0.05) is 25.7 Å². The van der Waals surface area contributed by atoms with E-state index in [1.165, 1.54) is 20.2 Å². The van der Waals surface area contributed by atoms with Crippen LogP contribution >= 0.6 is 0 Å². The average Bonchev–Trinajstić information content (AvgIpc) is 2.48. The molecule has 1 rings (SSSR count). The summed E-state index contributed by atoms with van der Waals surface area (Å²) in [5.41, 5.74) is 0.482. The van der Waals surface area contributed by atoms with Crippen molar-refractivity contribution in [2.24, 2.45) is 0 Å². The van der Waals surface area contributed by atoms with Gasteiger partial charge in [0.15, 0.2) is 11.3 Å². The highest BCUT2D eigenvalue weighted by molar-refractivity contribution is 6.03. The summed E-state index contributed by atoms with van der Waals surface area (Å²) in [4.78, 5) is 21.6. The number of hydrazine groups is 1. The first-order valence-electron chi connectivity index (χ1n) is 5.74. The zero-order chi connectivity index (χ0) is 17.0. The molecule has 10 nitrogen and oxygen atoms in total. The van der Waals surface area contributed by atoms with Crippen molar-refractivity contribution in [2.45, 2.75) is 0 Å². The van der Waals surface area contributed by atoms with E-state index in [1.807, 2.05) is 0 Å². The molecule has 4 N–H and O–H groups in total. The minimum atomic E-state index is -0.987. The van der Waals surface area contributed by atoms with Crippen molar-refractivity contribution in [1.82, 2.24) is 10.4 Å². The van der Waals surface area contributed by atoms with Gasteiger partial charge in [-0.3, -0.25) is 19.9 Å². The van der Waals surface area contributed by atoms with E-state index >= 15 is 0 Å². The number of aliphatic hydroxyl groups excluding tert-OH is 1. The highest BCUT2D eigenvalue weighted by Gasteiger charge is 2.24. The number of nitrogens with one attached hydrogen (secondary N) is 1. The molecule has 116 valence electrons. The van der Waals surface area contributed by atoms with Gasteiger partial charge in [-0.05, 0) is 6.07 Å². The number of hydrogen-bond acceptors (Lipinski definition) is 8. The van der Waals surface area contributed by atoms with Crippen LogP contribution < -0.4 is 5.43 Å². The van der Waals surface area contributed by atoms with Crippen LogP contribution in [0.15, 0.2) is 17.7 Å². The topological polar surface area (TPSA) is 160 Å². The van der Waals surface area contributed by atoms with E-state index < -0.39 is 39.3 Å². The number of phenolic OH excluding ortho intramolecular Hbond substituents is 2. The van der Waals surface area contributed by atoms with E-state index in [0.717, 1.165) is 17.1 Å². The Labute approximate surface area is 124 Å². The molecule has 1 amide bonds. The summed E-state index contributed by atoms with van der Waals surface area (Å²) >= 11 is 0. The number of nitriles is 1. The van der Waals surface area contributed by atoms with E-state index in [-0.39, 0.29) is 5.56 Å². The van der Waals surface area contributed by atoms with Gasteiger partial charge in [0.05, 0.1) is 4.92 Å². The van der Waals surface area contributed by atoms with Gasteiger partial charge in [-0.25, -0.2) is 5.43 Å². The van der Waals surface area contributed by atoms with Gasteiger partial charge < -0.3 is 15.3 Å². The number of amides is 1. The number of rotatable bonds is 4. The number of benzene rings is 1. The van der Waals surface area contributed by atoms with Crippen molar-refractivity contribution < 1.29 is 25.0 Å². The van der Waals surface area contributed by atoms with Crippen LogP contribution in [0.3, 0.4) is 0 Å². The van der Waals surface area contributed by atoms with Crippen LogP contribution in [0.2, 0.25) is 0 Å². The number of likely N-dealkylation sites (N-methyl/N-ethyl adjacent to an activating group) is 1. The Morgan fingerprint density at radius 1 is 1.45 bits per heavy atom. The van der Waals surface area contributed by atoms with E-state index in [1.54, 1.807) is 0 Å². The van der Waals surface area contributed by atoms with Crippen molar-refractivity contribution in [1.29, 1.82) is 5.26 Å². The molecule has 0 heterocycles. The third-order valence-corrected chi connectivity index (χ3v) is 2.74. The van der Waals surface area contributed by atoms with Crippen molar-refractivity contribution in [3.63, 3.8) is 0 Å². The second kappa shape index (κ2) is 6.42. The lowest BCUT2D eigenvalue weighted by molar-refractivity contribution is -0.386. The van der Waals surface area contributed by atoms with Gasteiger partial charge in [0.1, 0.15) is 11.8 Å². The molecule has 1 aromatic rings. The van der Waals surface area contributed by atoms with Gasteiger partial charge in [-0.1, -0.05) is 0 Å². The second-order valence-electron chi connectivity index (χ2n) is 4.04. The highest BCUT2D eigenvalue weighted by atomic mass is 16.6. The van der Waals surface area contributed by atoms with Crippen molar-refractivity contribution in [3.8, 4) is 17.6 Å². The number of carbonyl (C=O) groups excluding carboxylic acids is 1. The predicted molar refractivity (Wildman–Crippen MR) is 73.4 cm³/mol. The number of aliphatic hydroxyl groups is 1. The molecule has 0 saturated heterocycles. The molecule has 0 radical (unpaired) electrons. The number of nitro benzene ring substituents is 1. The summed E-state index contributed by atoms with van der Waals surface area (Å²) in [7, 11) is 2.70. The maximum atomic E-state index is 11.9. The van der Waals surface area contributed by atoms with Crippen molar-refractivity contribution in [2.75, 3.05) is 14.1 Å². The maximum absolute atomic E-state index is 11.9. The molecule has 0 fully saturated rings. The number of hydrogen-bond donors (Lipinski definition) is 4. The van der Waals surface area contributed by atoms with Crippen LogP contribution in [-0.2, 0) is 4.79 Å². The van der Waals surface area contributed by atoms with Crippen LogP contribution in [0.4, 0.5) is 5.69 Å². The van der Waals surface area contributed by atoms with Crippen LogP contribution in [-0.4, -0.2) is 45.3 Å². The van der Waals surface area contributed by atoms with Crippen molar-refractivity contribution >= 4 is 17.4 Å². The first-order valence-corrected chi connectivity index (χ1v) is 5.74. The van der Waals surface area contributed by atoms with Gasteiger partial charge >= 0.3 is 5.69 Å². The Hall–Kier alpha value is -3.32. The molecular formula is C12H12N4O6. The largest absolute Gasteiger partial charge is 0.506 e. The van der Waals surface area contributed by atoms with E-state index in [4.69, 9.17) is 5.26 Å². The van der Waals surface area contributed by atoms with E-state index in [9.17, 15) is 30.2 Å². The zero-order valence-corrected chi connectivity index (χ0v) is 11.6. The lowest BCUT2D eigenvalue weighted by atomic mass is 10.1. The summed E-state index contributed by atoms with van der Waals surface area (Å²) in [6, 6.07) is 3.01. The number of carbonyl (C=O) groups is 1. The highest BCUT2D eigenvalue weighted by Crippen LogP contribution is 2.38. The molecule has 0 aliphatic heterocycles. The quantitative estimate of drug-likeness (QED) is 0.155. The summed E-state index contributed by atoms with van der Waals surface area (Å²) in [5.74, 6) is -3.62. The molecule has 10 heteroatoms. The summed E-state index contributed by atoms with van der Waals surface area (Å²) < 4.78 is 0. The summed E-state index contributed by atoms with van der Waals surface area (Å²) in [6.07, 6.45) is 0. The summed E-state index contributed by atoms with van der Waals surface area (Å²) in [5, 5.41) is 49.5. The fourth-order valence-corrected chi connectivity index (χ4v) is 1.50. The Morgan fingerprint density at radius 3 is 2.50 bits per heavy atom. The molecule has 0 aromatic heterocycles.